The van der Waals surface area contributed by atoms with Crippen LogP contribution < -0.4 is 16.0 Å². The normalized spacial score (nSPS) is 16.6. The van der Waals surface area contributed by atoms with Gasteiger partial charge in [-0.1, -0.05) is 13.8 Å². The minimum absolute atomic E-state index is 0.205. The molecule has 0 amide bonds. The van der Waals surface area contributed by atoms with Crippen LogP contribution in [-0.2, 0) is 7.05 Å². The van der Waals surface area contributed by atoms with Crippen molar-refractivity contribution in [3.8, 4) is 11.1 Å². The van der Waals surface area contributed by atoms with Gasteiger partial charge in [-0.15, -0.1) is 0 Å². The lowest BCUT2D eigenvalue weighted by molar-refractivity contribution is 0.103. The molecule has 3 aromatic heterocycles. The molecule has 1 fully saturated rings. The molecule has 4 rings (SSSR count). The Balaban J connectivity index is 1.73. The van der Waals surface area contributed by atoms with Crippen LogP contribution in [0.25, 0.3) is 11.1 Å². The average Bonchev–Trinajstić information content (AvgIpc) is 3.19. The Kier molecular flexibility index (Phi) is 5.99. The first-order valence-electron chi connectivity index (χ1n) is 10.7. The highest BCUT2D eigenvalue weighted by atomic mass is 16.1. The van der Waals surface area contributed by atoms with Crippen molar-refractivity contribution in [3.63, 3.8) is 0 Å². The molecule has 1 atom stereocenters. The van der Waals surface area contributed by atoms with Crippen molar-refractivity contribution in [2.45, 2.75) is 26.3 Å². The van der Waals surface area contributed by atoms with Crippen molar-refractivity contribution in [1.82, 2.24) is 25.1 Å². The van der Waals surface area contributed by atoms with Gasteiger partial charge in [-0.3, -0.25) is 9.48 Å². The van der Waals surface area contributed by atoms with E-state index in [0.717, 1.165) is 43.0 Å². The molecule has 1 aliphatic rings. The van der Waals surface area contributed by atoms with E-state index in [9.17, 15) is 4.79 Å². The van der Waals surface area contributed by atoms with Crippen molar-refractivity contribution in [2.75, 3.05) is 30.3 Å². The molecule has 0 aromatic carbocycles. The fourth-order valence-corrected chi connectivity index (χ4v) is 4.09. The van der Waals surface area contributed by atoms with Gasteiger partial charge in [-0.05, 0) is 36.6 Å². The molecule has 1 saturated heterocycles. The maximum absolute atomic E-state index is 13.5. The number of ketones is 1. The van der Waals surface area contributed by atoms with E-state index in [4.69, 9.17) is 10.7 Å². The van der Waals surface area contributed by atoms with Crippen LogP contribution in [0.3, 0.4) is 0 Å². The standard InChI is InChI=1S/C23H29N7O/c1-15(2)11-17-14-30(10-9-25-17)20-7-6-18(16-12-27-29(3)13-16)21(28-20)22(31)19-5-4-8-26-23(19)24/h4-8,12-13,15,17,25H,9-11,14H2,1-3H3,(H2,24,26)/t17-/m0/s1. The molecule has 3 N–H and O–H groups in total. The van der Waals surface area contributed by atoms with E-state index in [2.05, 4.69) is 34.1 Å². The Morgan fingerprint density at radius 3 is 2.87 bits per heavy atom. The minimum atomic E-state index is -0.236. The van der Waals surface area contributed by atoms with E-state index in [1.165, 1.54) is 0 Å². The van der Waals surface area contributed by atoms with Crippen LogP contribution in [0.2, 0.25) is 0 Å². The fraction of sp³-hybridized carbons (Fsp3) is 0.391. The van der Waals surface area contributed by atoms with Gasteiger partial charge in [-0.25, -0.2) is 9.97 Å². The highest BCUT2D eigenvalue weighted by Gasteiger charge is 2.25. The van der Waals surface area contributed by atoms with Crippen molar-refractivity contribution in [3.05, 3.63) is 54.1 Å². The zero-order chi connectivity index (χ0) is 22.0. The zero-order valence-electron chi connectivity index (χ0n) is 18.2. The summed E-state index contributed by atoms with van der Waals surface area (Å²) in [5.41, 5.74) is 8.30. The van der Waals surface area contributed by atoms with Crippen LogP contribution in [0, 0.1) is 5.92 Å². The third-order valence-electron chi connectivity index (χ3n) is 5.53. The number of piperazine rings is 1. The number of rotatable bonds is 6. The summed E-state index contributed by atoms with van der Waals surface area (Å²) in [5, 5.41) is 7.84. The second kappa shape index (κ2) is 8.85. The van der Waals surface area contributed by atoms with Gasteiger partial charge in [0.05, 0.1) is 11.8 Å². The average molecular weight is 420 g/mol. The number of pyridine rings is 2. The highest BCUT2D eigenvalue weighted by molar-refractivity contribution is 6.13. The van der Waals surface area contributed by atoms with Crippen LogP contribution in [0.15, 0.2) is 42.9 Å². The predicted octanol–water partition coefficient (Wildman–Crippen LogP) is 2.51. The molecule has 31 heavy (non-hydrogen) atoms. The molecule has 0 unspecified atom stereocenters. The summed E-state index contributed by atoms with van der Waals surface area (Å²) in [6.45, 7) is 7.06. The molecule has 4 heterocycles. The topological polar surface area (TPSA) is 102 Å². The van der Waals surface area contributed by atoms with Gasteiger partial charge >= 0.3 is 0 Å². The highest BCUT2D eigenvalue weighted by Crippen LogP contribution is 2.28. The molecule has 1 aliphatic heterocycles. The molecule has 162 valence electrons. The predicted molar refractivity (Wildman–Crippen MR) is 122 cm³/mol. The molecule has 8 nitrogen and oxygen atoms in total. The number of hydrogen-bond acceptors (Lipinski definition) is 7. The van der Waals surface area contributed by atoms with Gasteiger partial charge < -0.3 is 16.0 Å². The van der Waals surface area contributed by atoms with Crippen LogP contribution in [0.5, 0.6) is 0 Å². The van der Waals surface area contributed by atoms with E-state index >= 15 is 0 Å². The number of aryl methyl sites for hydroxylation is 1. The van der Waals surface area contributed by atoms with Gasteiger partial charge in [-0.2, -0.15) is 5.10 Å². The lowest BCUT2D eigenvalue weighted by atomic mass is 10.00. The van der Waals surface area contributed by atoms with Gasteiger partial charge in [0, 0.05) is 56.2 Å². The lowest BCUT2D eigenvalue weighted by Crippen LogP contribution is -2.51. The maximum atomic E-state index is 13.5. The number of nitrogens with one attached hydrogen (secondary N) is 1. The van der Waals surface area contributed by atoms with E-state index in [0.29, 0.717) is 23.2 Å². The Bertz CT molecular complexity index is 1080. The summed E-state index contributed by atoms with van der Waals surface area (Å²) in [5.74, 6) is 1.38. The molecule has 0 saturated carbocycles. The monoisotopic (exact) mass is 419 g/mol. The van der Waals surface area contributed by atoms with E-state index in [1.807, 2.05) is 25.4 Å². The summed E-state index contributed by atoms with van der Waals surface area (Å²) in [6.07, 6.45) is 6.29. The molecule has 0 spiro atoms. The number of anilines is 2. The Morgan fingerprint density at radius 1 is 1.32 bits per heavy atom. The van der Waals surface area contributed by atoms with Crippen molar-refractivity contribution in [1.29, 1.82) is 0 Å². The number of nitrogens with zero attached hydrogens (tertiary/aromatic N) is 5. The molecular formula is C23H29N7O. The first-order valence-corrected chi connectivity index (χ1v) is 10.7. The molecule has 3 aromatic rings. The zero-order valence-corrected chi connectivity index (χ0v) is 18.2. The number of aromatic nitrogens is 4. The molecule has 0 aliphatic carbocycles. The Morgan fingerprint density at radius 2 is 2.16 bits per heavy atom. The van der Waals surface area contributed by atoms with Crippen LogP contribution in [-0.4, -0.2) is 51.2 Å². The van der Waals surface area contributed by atoms with E-state index in [-0.39, 0.29) is 11.6 Å². The van der Waals surface area contributed by atoms with Gasteiger partial charge in [0.1, 0.15) is 17.3 Å². The van der Waals surface area contributed by atoms with Crippen molar-refractivity contribution in [2.24, 2.45) is 13.0 Å². The summed E-state index contributed by atoms with van der Waals surface area (Å²) >= 11 is 0. The Labute approximate surface area is 182 Å². The fourth-order valence-electron chi connectivity index (χ4n) is 4.09. The van der Waals surface area contributed by atoms with Gasteiger partial charge in [0.15, 0.2) is 0 Å². The number of carbonyl (C=O) groups is 1. The SMILES string of the molecule is CC(C)C[C@H]1CN(c2ccc(-c3cnn(C)c3)c(C(=O)c3cccnc3N)n2)CCN1. The maximum Gasteiger partial charge on any atom is 0.215 e. The van der Waals surface area contributed by atoms with Gasteiger partial charge in [0.2, 0.25) is 5.78 Å². The third kappa shape index (κ3) is 4.59. The minimum Gasteiger partial charge on any atom is -0.383 e. The summed E-state index contributed by atoms with van der Waals surface area (Å²) in [7, 11) is 1.85. The Hall–Kier alpha value is -3.26. The lowest BCUT2D eigenvalue weighted by Gasteiger charge is -2.35. The molecule has 8 heteroatoms. The summed E-state index contributed by atoms with van der Waals surface area (Å²) in [6, 6.07) is 7.75. The molecular weight excluding hydrogens is 390 g/mol. The number of carbonyl (C=O) groups excluding carboxylic acids is 1. The second-order valence-electron chi connectivity index (χ2n) is 8.46. The summed E-state index contributed by atoms with van der Waals surface area (Å²) in [4.78, 5) is 24.6. The molecule has 0 radical (unpaired) electrons. The van der Waals surface area contributed by atoms with Crippen LogP contribution >= 0.6 is 0 Å². The van der Waals surface area contributed by atoms with Crippen LogP contribution in [0.4, 0.5) is 11.6 Å². The van der Waals surface area contributed by atoms with Crippen molar-refractivity contribution < 1.29 is 4.79 Å². The van der Waals surface area contributed by atoms with E-state index in [1.54, 1.807) is 29.2 Å². The van der Waals surface area contributed by atoms with Crippen LogP contribution in [0.1, 0.15) is 36.3 Å². The quantitative estimate of drug-likeness (QED) is 0.592. The number of nitrogens with two attached hydrogens (primary N) is 1. The van der Waals surface area contributed by atoms with Gasteiger partial charge in [0.25, 0.3) is 0 Å². The smallest absolute Gasteiger partial charge is 0.215 e. The first-order chi connectivity index (χ1) is 14.9. The van der Waals surface area contributed by atoms with Crippen molar-refractivity contribution >= 4 is 17.4 Å². The second-order valence-corrected chi connectivity index (χ2v) is 8.46. The first kappa shape index (κ1) is 21.0. The number of hydrogen-bond donors (Lipinski definition) is 2. The largest absolute Gasteiger partial charge is 0.383 e. The van der Waals surface area contributed by atoms with E-state index < -0.39 is 0 Å². The number of nitrogen functional groups attached to an aromatic ring is 1. The molecule has 0 bridgehead atoms. The third-order valence-corrected chi connectivity index (χ3v) is 5.53. The summed E-state index contributed by atoms with van der Waals surface area (Å²) < 4.78 is 1.71.